The third-order valence-electron chi connectivity index (χ3n) is 2.35. The summed E-state index contributed by atoms with van der Waals surface area (Å²) in [6.45, 7) is 6.49. The van der Waals surface area contributed by atoms with Crippen molar-refractivity contribution < 1.29 is 4.52 Å². The van der Waals surface area contributed by atoms with Gasteiger partial charge in [0.1, 0.15) is 0 Å². The number of nitrogens with zero attached hydrogens (tertiary/aromatic N) is 2. The number of anilines is 1. The van der Waals surface area contributed by atoms with E-state index in [4.69, 9.17) is 10.3 Å². The molecule has 2 rings (SSSR count). The molecule has 0 saturated carbocycles. The van der Waals surface area contributed by atoms with E-state index in [9.17, 15) is 0 Å². The standard InChI is InChI=1S/C13H16BrN3OS/c1-13(2,3)19-7-11-16-12(18-17-11)8-4-5-10(15)9(14)6-8/h4-6H,7,15H2,1-3H3. The fourth-order valence-electron chi connectivity index (χ4n) is 1.37. The maximum Gasteiger partial charge on any atom is 0.257 e. The molecule has 102 valence electrons. The molecule has 6 heteroatoms. The number of hydrogen-bond donors (Lipinski definition) is 1. The summed E-state index contributed by atoms with van der Waals surface area (Å²) in [5.41, 5.74) is 7.30. The molecule has 1 aromatic carbocycles. The quantitative estimate of drug-likeness (QED) is 0.851. The first-order valence-corrected chi connectivity index (χ1v) is 7.65. The Kier molecular flexibility index (Phi) is 4.20. The Morgan fingerprint density at radius 2 is 2.11 bits per heavy atom. The highest BCUT2D eigenvalue weighted by atomic mass is 79.9. The number of benzene rings is 1. The molecular formula is C13H16BrN3OS. The minimum Gasteiger partial charge on any atom is -0.398 e. The smallest absolute Gasteiger partial charge is 0.257 e. The fraction of sp³-hybridized carbons (Fsp3) is 0.385. The van der Waals surface area contributed by atoms with E-state index >= 15 is 0 Å². The number of hydrogen-bond acceptors (Lipinski definition) is 5. The molecule has 0 atom stereocenters. The van der Waals surface area contributed by atoms with E-state index in [1.807, 2.05) is 18.2 Å². The van der Waals surface area contributed by atoms with Crippen LogP contribution in [0.2, 0.25) is 0 Å². The van der Waals surface area contributed by atoms with Crippen molar-refractivity contribution in [3.8, 4) is 11.5 Å². The lowest BCUT2D eigenvalue weighted by Gasteiger charge is -2.15. The van der Waals surface area contributed by atoms with Crippen LogP contribution >= 0.6 is 27.7 Å². The second-order valence-corrected chi connectivity index (χ2v) is 7.81. The van der Waals surface area contributed by atoms with Crippen molar-refractivity contribution in [2.45, 2.75) is 31.3 Å². The van der Waals surface area contributed by atoms with Gasteiger partial charge in [0, 0.05) is 20.5 Å². The fourth-order valence-corrected chi connectivity index (χ4v) is 2.43. The monoisotopic (exact) mass is 341 g/mol. The summed E-state index contributed by atoms with van der Waals surface area (Å²) in [5.74, 6) is 1.97. The maximum atomic E-state index is 5.75. The van der Waals surface area contributed by atoms with Gasteiger partial charge in [0.25, 0.3) is 5.89 Å². The first kappa shape index (κ1) is 14.4. The Balaban J connectivity index is 2.14. The van der Waals surface area contributed by atoms with Gasteiger partial charge < -0.3 is 10.3 Å². The third-order valence-corrected chi connectivity index (χ3v) is 4.31. The number of rotatable bonds is 3. The lowest BCUT2D eigenvalue weighted by atomic mass is 10.2. The molecule has 0 saturated heterocycles. The molecule has 0 aliphatic heterocycles. The van der Waals surface area contributed by atoms with E-state index in [0.29, 0.717) is 17.4 Å². The van der Waals surface area contributed by atoms with Crippen LogP contribution in [-0.2, 0) is 5.75 Å². The van der Waals surface area contributed by atoms with Gasteiger partial charge in [-0.25, -0.2) is 0 Å². The van der Waals surface area contributed by atoms with Crippen LogP contribution in [0, 0.1) is 0 Å². The molecule has 19 heavy (non-hydrogen) atoms. The number of halogens is 1. The van der Waals surface area contributed by atoms with Gasteiger partial charge in [-0.1, -0.05) is 25.9 Å². The van der Waals surface area contributed by atoms with Gasteiger partial charge in [-0.2, -0.15) is 4.98 Å². The van der Waals surface area contributed by atoms with Crippen LogP contribution < -0.4 is 5.73 Å². The molecule has 0 spiro atoms. The van der Waals surface area contributed by atoms with Crippen molar-refractivity contribution in [1.29, 1.82) is 0 Å². The molecule has 0 fully saturated rings. The first-order chi connectivity index (χ1) is 8.85. The van der Waals surface area contributed by atoms with Crippen molar-refractivity contribution in [2.24, 2.45) is 0 Å². The topological polar surface area (TPSA) is 64.9 Å². The second-order valence-electron chi connectivity index (χ2n) is 5.15. The van der Waals surface area contributed by atoms with Crippen molar-refractivity contribution in [3.05, 3.63) is 28.5 Å². The molecule has 4 nitrogen and oxygen atoms in total. The van der Waals surface area contributed by atoms with Crippen LogP contribution in [-0.4, -0.2) is 14.9 Å². The van der Waals surface area contributed by atoms with Crippen LogP contribution in [0.4, 0.5) is 5.69 Å². The molecule has 1 aromatic heterocycles. The summed E-state index contributed by atoms with van der Waals surface area (Å²) in [7, 11) is 0. The molecule has 0 bridgehead atoms. The highest BCUT2D eigenvalue weighted by Gasteiger charge is 2.15. The minimum atomic E-state index is 0.186. The van der Waals surface area contributed by atoms with E-state index < -0.39 is 0 Å². The minimum absolute atomic E-state index is 0.186. The van der Waals surface area contributed by atoms with Crippen molar-refractivity contribution in [1.82, 2.24) is 10.1 Å². The van der Waals surface area contributed by atoms with Crippen LogP contribution in [0.15, 0.2) is 27.2 Å². The zero-order valence-electron chi connectivity index (χ0n) is 11.1. The molecule has 0 unspecified atom stereocenters. The summed E-state index contributed by atoms with van der Waals surface area (Å²) < 4.78 is 6.29. The van der Waals surface area contributed by atoms with E-state index in [0.717, 1.165) is 15.8 Å². The average molecular weight is 342 g/mol. The maximum absolute atomic E-state index is 5.75. The van der Waals surface area contributed by atoms with Gasteiger partial charge >= 0.3 is 0 Å². The normalized spacial score (nSPS) is 11.8. The van der Waals surface area contributed by atoms with Gasteiger partial charge in [-0.05, 0) is 34.1 Å². The predicted octanol–water partition coefficient (Wildman–Crippen LogP) is 4.11. The largest absolute Gasteiger partial charge is 0.398 e. The Morgan fingerprint density at radius 3 is 2.74 bits per heavy atom. The van der Waals surface area contributed by atoms with Gasteiger partial charge in [-0.15, -0.1) is 11.8 Å². The summed E-state index contributed by atoms with van der Waals surface area (Å²) in [4.78, 5) is 4.39. The Bertz CT molecular complexity index is 578. The molecule has 0 aliphatic rings. The highest BCUT2D eigenvalue weighted by molar-refractivity contribution is 9.10. The summed E-state index contributed by atoms with van der Waals surface area (Å²) in [6.07, 6.45) is 0. The highest BCUT2D eigenvalue weighted by Crippen LogP contribution is 2.29. The number of thioether (sulfide) groups is 1. The van der Waals surface area contributed by atoms with Crippen LogP contribution in [0.1, 0.15) is 26.6 Å². The zero-order valence-corrected chi connectivity index (χ0v) is 13.5. The molecular weight excluding hydrogens is 326 g/mol. The van der Waals surface area contributed by atoms with Crippen LogP contribution in [0.25, 0.3) is 11.5 Å². The summed E-state index contributed by atoms with van der Waals surface area (Å²) in [6, 6.07) is 5.56. The second kappa shape index (κ2) is 5.54. The number of nitrogens with two attached hydrogens (primary N) is 1. The lowest BCUT2D eigenvalue weighted by molar-refractivity contribution is 0.425. The molecule has 2 aromatic rings. The summed E-state index contributed by atoms with van der Waals surface area (Å²) in [5, 5.41) is 3.99. The Morgan fingerprint density at radius 1 is 1.37 bits per heavy atom. The Labute approximate surface area is 125 Å². The van der Waals surface area contributed by atoms with E-state index in [2.05, 4.69) is 46.8 Å². The SMILES string of the molecule is CC(C)(C)SCc1noc(-c2ccc(N)c(Br)c2)n1. The molecule has 2 N–H and O–H groups in total. The molecule has 0 aliphatic carbocycles. The van der Waals surface area contributed by atoms with E-state index in [1.165, 1.54) is 0 Å². The van der Waals surface area contributed by atoms with E-state index in [1.54, 1.807) is 11.8 Å². The van der Waals surface area contributed by atoms with E-state index in [-0.39, 0.29) is 4.75 Å². The number of aromatic nitrogens is 2. The van der Waals surface area contributed by atoms with Gasteiger partial charge in [-0.3, -0.25) is 0 Å². The van der Waals surface area contributed by atoms with Gasteiger partial charge in [0.2, 0.25) is 0 Å². The number of nitrogen functional groups attached to an aromatic ring is 1. The average Bonchev–Trinajstić information content (AvgIpc) is 2.78. The van der Waals surface area contributed by atoms with Gasteiger partial charge in [0.05, 0.1) is 5.75 Å². The van der Waals surface area contributed by atoms with Crippen LogP contribution in [0.5, 0.6) is 0 Å². The summed E-state index contributed by atoms with van der Waals surface area (Å²) >= 11 is 5.17. The first-order valence-electron chi connectivity index (χ1n) is 5.87. The predicted molar refractivity (Wildman–Crippen MR) is 82.9 cm³/mol. The van der Waals surface area contributed by atoms with Crippen molar-refractivity contribution in [3.63, 3.8) is 0 Å². The van der Waals surface area contributed by atoms with Crippen LogP contribution in [0.3, 0.4) is 0 Å². The third kappa shape index (κ3) is 3.98. The van der Waals surface area contributed by atoms with Gasteiger partial charge in [0.15, 0.2) is 5.82 Å². The van der Waals surface area contributed by atoms with Crippen molar-refractivity contribution in [2.75, 3.05) is 5.73 Å². The Hall–Kier alpha value is -1.01. The van der Waals surface area contributed by atoms with Crippen molar-refractivity contribution >= 4 is 33.4 Å². The zero-order chi connectivity index (χ0) is 14.0. The molecule has 1 heterocycles. The molecule has 0 radical (unpaired) electrons. The molecule has 0 amide bonds. The lowest BCUT2D eigenvalue weighted by Crippen LogP contribution is -2.07.